The Balaban J connectivity index is 1.62. The minimum atomic E-state index is -0.329. The Morgan fingerprint density at radius 1 is 0.920 bits per heavy atom. The predicted molar refractivity (Wildman–Crippen MR) is 96.0 cm³/mol. The van der Waals surface area contributed by atoms with Crippen LogP contribution in [0.2, 0.25) is 0 Å². The molecule has 0 aliphatic heterocycles. The Morgan fingerprint density at radius 2 is 1.68 bits per heavy atom. The summed E-state index contributed by atoms with van der Waals surface area (Å²) in [6.07, 6.45) is 7.91. The van der Waals surface area contributed by atoms with Gasteiger partial charge in [0.1, 0.15) is 11.6 Å². The lowest BCUT2D eigenvalue weighted by Crippen LogP contribution is -2.10. The maximum atomic E-state index is 14.8. The van der Waals surface area contributed by atoms with Gasteiger partial charge in [0.25, 0.3) is 0 Å². The fraction of sp³-hybridized carbons (Fsp3) is 0.409. The molecule has 0 saturated heterocycles. The van der Waals surface area contributed by atoms with Crippen LogP contribution in [-0.4, -0.2) is 5.97 Å². The molecule has 0 unspecified atom stereocenters. The summed E-state index contributed by atoms with van der Waals surface area (Å²) in [6.45, 7) is 0. The van der Waals surface area contributed by atoms with Gasteiger partial charge in [0, 0.05) is 11.6 Å². The van der Waals surface area contributed by atoms with Gasteiger partial charge in [-0.15, -0.1) is 0 Å². The van der Waals surface area contributed by atoms with Gasteiger partial charge in [-0.3, -0.25) is 4.79 Å². The van der Waals surface area contributed by atoms with Gasteiger partial charge in [-0.1, -0.05) is 43.5 Å². The molecular weight excluding hydrogens is 315 g/mol. The smallest absolute Gasteiger partial charge is 0.314 e. The largest absolute Gasteiger partial charge is 0.426 e. The van der Waals surface area contributed by atoms with Gasteiger partial charge in [0.2, 0.25) is 0 Å². The first-order valence-electron chi connectivity index (χ1n) is 9.33. The van der Waals surface area contributed by atoms with Crippen LogP contribution in [-0.2, 0) is 4.79 Å². The van der Waals surface area contributed by atoms with E-state index in [4.69, 9.17) is 4.74 Å². The normalized spacial score (nSPS) is 18.1. The second-order valence-corrected chi connectivity index (χ2v) is 7.26. The zero-order valence-electron chi connectivity index (χ0n) is 14.3. The maximum Gasteiger partial charge on any atom is 0.314 e. The Kier molecular flexibility index (Phi) is 4.56. The van der Waals surface area contributed by atoms with Gasteiger partial charge < -0.3 is 4.74 Å². The molecule has 25 heavy (non-hydrogen) atoms. The second-order valence-electron chi connectivity index (χ2n) is 7.26. The van der Waals surface area contributed by atoms with E-state index in [2.05, 4.69) is 6.07 Å². The third-order valence-corrected chi connectivity index (χ3v) is 5.37. The van der Waals surface area contributed by atoms with Crippen molar-refractivity contribution in [3.05, 3.63) is 53.8 Å². The average molecular weight is 338 g/mol. The van der Waals surface area contributed by atoms with Crippen molar-refractivity contribution in [1.82, 2.24) is 0 Å². The van der Waals surface area contributed by atoms with E-state index >= 15 is 0 Å². The van der Waals surface area contributed by atoms with Crippen molar-refractivity contribution < 1.29 is 13.9 Å². The minimum Gasteiger partial charge on any atom is -0.426 e. The van der Waals surface area contributed by atoms with E-state index in [0.717, 1.165) is 18.4 Å². The van der Waals surface area contributed by atoms with Crippen molar-refractivity contribution in [2.75, 3.05) is 0 Å². The van der Waals surface area contributed by atoms with Crippen LogP contribution in [0.4, 0.5) is 4.39 Å². The molecule has 0 N–H and O–H groups in total. The summed E-state index contributed by atoms with van der Waals surface area (Å²) in [7, 11) is 0. The summed E-state index contributed by atoms with van der Waals surface area (Å²) >= 11 is 0. The number of hydrogen-bond donors (Lipinski definition) is 0. The van der Waals surface area contributed by atoms with E-state index in [-0.39, 0.29) is 17.7 Å². The topological polar surface area (TPSA) is 26.3 Å². The molecule has 2 fully saturated rings. The Morgan fingerprint density at radius 3 is 2.40 bits per heavy atom. The van der Waals surface area contributed by atoms with Crippen LogP contribution in [0, 0.1) is 11.7 Å². The average Bonchev–Trinajstić information content (AvgIpc) is 3.48. The van der Waals surface area contributed by atoms with Gasteiger partial charge in [-0.2, -0.15) is 0 Å². The predicted octanol–water partition coefficient (Wildman–Crippen LogP) is 5.86. The molecule has 0 spiro atoms. The fourth-order valence-corrected chi connectivity index (χ4v) is 3.81. The highest BCUT2D eigenvalue weighted by Gasteiger charge is 2.31. The molecule has 4 rings (SSSR count). The summed E-state index contributed by atoms with van der Waals surface area (Å²) in [5.74, 6) is 0.249. The van der Waals surface area contributed by atoms with Crippen molar-refractivity contribution in [3.63, 3.8) is 0 Å². The van der Waals surface area contributed by atoms with Gasteiger partial charge in [0.15, 0.2) is 0 Å². The van der Waals surface area contributed by atoms with E-state index < -0.39 is 0 Å². The number of rotatable bonds is 4. The van der Waals surface area contributed by atoms with Crippen LogP contribution >= 0.6 is 0 Å². The molecule has 0 heterocycles. The van der Waals surface area contributed by atoms with Crippen molar-refractivity contribution in [3.8, 4) is 16.9 Å². The molecule has 0 amide bonds. The Hall–Kier alpha value is -2.16. The monoisotopic (exact) mass is 338 g/mol. The molecule has 3 heteroatoms. The first kappa shape index (κ1) is 16.3. The summed E-state index contributed by atoms with van der Waals surface area (Å²) < 4.78 is 20.0. The van der Waals surface area contributed by atoms with E-state index in [1.807, 2.05) is 18.2 Å². The third kappa shape index (κ3) is 3.60. The SMILES string of the molecule is O=C(Oc1ccc(-c2ccccc2C2CCCCC2)c(F)c1)C1CC1. The van der Waals surface area contributed by atoms with Gasteiger partial charge in [0.05, 0.1) is 5.92 Å². The number of hydrogen-bond acceptors (Lipinski definition) is 2. The molecule has 2 saturated carbocycles. The number of benzene rings is 2. The van der Waals surface area contributed by atoms with Crippen molar-refractivity contribution in [1.29, 1.82) is 0 Å². The van der Waals surface area contributed by atoms with Crippen LogP contribution in [0.5, 0.6) is 5.75 Å². The highest BCUT2D eigenvalue weighted by atomic mass is 19.1. The van der Waals surface area contributed by atoms with Crippen LogP contribution < -0.4 is 4.74 Å². The summed E-state index contributed by atoms with van der Waals surface area (Å²) in [5, 5.41) is 0. The summed E-state index contributed by atoms with van der Waals surface area (Å²) in [6, 6.07) is 12.9. The fourth-order valence-electron chi connectivity index (χ4n) is 3.81. The van der Waals surface area contributed by atoms with E-state index in [0.29, 0.717) is 17.2 Å². The van der Waals surface area contributed by atoms with Gasteiger partial charge in [-0.05, 0) is 54.9 Å². The van der Waals surface area contributed by atoms with E-state index in [1.54, 1.807) is 12.1 Å². The molecule has 0 bridgehead atoms. The third-order valence-electron chi connectivity index (χ3n) is 5.37. The molecule has 2 aromatic carbocycles. The van der Waals surface area contributed by atoms with Gasteiger partial charge in [-0.25, -0.2) is 4.39 Å². The van der Waals surface area contributed by atoms with Crippen molar-refractivity contribution in [2.45, 2.75) is 50.9 Å². The summed E-state index contributed by atoms with van der Waals surface area (Å²) in [4.78, 5) is 11.8. The quantitative estimate of drug-likeness (QED) is 0.516. The Bertz CT molecular complexity index is 773. The molecule has 0 aromatic heterocycles. The molecule has 2 nitrogen and oxygen atoms in total. The molecule has 130 valence electrons. The first-order chi connectivity index (χ1) is 12.2. The van der Waals surface area contributed by atoms with Crippen LogP contribution in [0.15, 0.2) is 42.5 Å². The second kappa shape index (κ2) is 6.99. The first-order valence-corrected chi connectivity index (χ1v) is 9.33. The van der Waals surface area contributed by atoms with E-state index in [9.17, 15) is 9.18 Å². The van der Waals surface area contributed by atoms with Crippen molar-refractivity contribution in [2.24, 2.45) is 5.92 Å². The molecule has 0 atom stereocenters. The van der Waals surface area contributed by atoms with E-state index in [1.165, 1.54) is 43.7 Å². The van der Waals surface area contributed by atoms with Crippen LogP contribution in [0.1, 0.15) is 56.4 Å². The number of carbonyl (C=O) groups excluding carboxylic acids is 1. The number of esters is 1. The lowest BCUT2D eigenvalue weighted by Gasteiger charge is -2.24. The highest BCUT2D eigenvalue weighted by molar-refractivity contribution is 5.78. The van der Waals surface area contributed by atoms with Gasteiger partial charge >= 0.3 is 5.97 Å². The minimum absolute atomic E-state index is 0.00904. The number of ether oxygens (including phenoxy) is 1. The Labute approximate surface area is 148 Å². The van der Waals surface area contributed by atoms with Crippen LogP contribution in [0.3, 0.4) is 0 Å². The zero-order chi connectivity index (χ0) is 17.2. The lowest BCUT2D eigenvalue weighted by atomic mass is 9.81. The molecule has 2 aliphatic carbocycles. The molecule has 2 aromatic rings. The number of halogens is 1. The standard InChI is InChI=1S/C22H23FO2/c23-21-14-17(25-22(24)16-10-11-16)12-13-20(21)19-9-5-4-8-18(19)15-6-2-1-3-7-15/h4-5,8-9,12-16H,1-3,6-7,10-11H2. The zero-order valence-corrected chi connectivity index (χ0v) is 14.3. The molecule has 0 radical (unpaired) electrons. The molecule has 2 aliphatic rings. The van der Waals surface area contributed by atoms with Crippen LogP contribution in [0.25, 0.3) is 11.1 Å². The highest BCUT2D eigenvalue weighted by Crippen LogP contribution is 2.39. The molecular formula is C22H23FO2. The maximum absolute atomic E-state index is 14.8. The number of carbonyl (C=O) groups is 1. The lowest BCUT2D eigenvalue weighted by molar-refractivity contribution is -0.135. The summed E-state index contributed by atoms with van der Waals surface area (Å²) in [5.41, 5.74) is 2.79. The van der Waals surface area contributed by atoms with Crippen molar-refractivity contribution >= 4 is 5.97 Å².